The molecule has 1 heterocycles. The summed E-state index contributed by atoms with van der Waals surface area (Å²) in [5.41, 5.74) is 6.89. The van der Waals surface area contributed by atoms with Crippen molar-refractivity contribution in [1.82, 2.24) is 9.80 Å². The summed E-state index contributed by atoms with van der Waals surface area (Å²) in [5, 5.41) is 0. The average Bonchev–Trinajstić information content (AvgIpc) is 2.42. The van der Waals surface area contributed by atoms with Crippen LogP contribution in [0.1, 0.15) is 31.9 Å². The molecule has 1 fully saturated rings. The first-order valence-electron chi connectivity index (χ1n) is 7.48. The van der Waals surface area contributed by atoms with Crippen molar-refractivity contribution in [2.45, 2.75) is 38.4 Å². The van der Waals surface area contributed by atoms with Crippen molar-refractivity contribution < 1.29 is 4.39 Å². The van der Waals surface area contributed by atoms with E-state index >= 15 is 0 Å². The summed E-state index contributed by atoms with van der Waals surface area (Å²) >= 11 is 0. The molecule has 1 aromatic carbocycles. The molecule has 1 aromatic rings. The van der Waals surface area contributed by atoms with Gasteiger partial charge in [0.2, 0.25) is 0 Å². The van der Waals surface area contributed by atoms with Crippen LogP contribution in [0, 0.1) is 5.82 Å². The van der Waals surface area contributed by atoms with Crippen LogP contribution in [0.5, 0.6) is 0 Å². The molecular formula is C16H26FN3. The van der Waals surface area contributed by atoms with Gasteiger partial charge in [-0.05, 0) is 26.5 Å². The third-order valence-electron chi connectivity index (χ3n) is 4.40. The molecule has 0 spiro atoms. The van der Waals surface area contributed by atoms with Gasteiger partial charge in [0.05, 0.1) is 6.04 Å². The molecule has 3 unspecified atom stereocenters. The monoisotopic (exact) mass is 279 g/mol. The van der Waals surface area contributed by atoms with Crippen molar-refractivity contribution in [2.24, 2.45) is 5.73 Å². The Morgan fingerprint density at radius 1 is 1.35 bits per heavy atom. The lowest BCUT2D eigenvalue weighted by Crippen LogP contribution is -2.54. The van der Waals surface area contributed by atoms with E-state index in [4.69, 9.17) is 5.73 Å². The number of halogens is 1. The standard InChI is InChI=1S/C16H26FN3/c1-4-13-11-20(10-9-19(13)3)16(12(2)18)14-7-5-6-8-15(14)17/h5-8,12-13,16H,4,9-11,18H2,1-3H3. The number of nitrogens with two attached hydrogens (primary N) is 1. The Morgan fingerprint density at radius 3 is 2.65 bits per heavy atom. The van der Waals surface area contributed by atoms with E-state index in [1.165, 1.54) is 6.07 Å². The van der Waals surface area contributed by atoms with Gasteiger partial charge in [0.15, 0.2) is 0 Å². The molecule has 1 aliphatic heterocycles. The van der Waals surface area contributed by atoms with Gasteiger partial charge in [-0.2, -0.15) is 0 Å². The van der Waals surface area contributed by atoms with E-state index < -0.39 is 0 Å². The van der Waals surface area contributed by atoms with Crippen molar-refractivity contribution in [1.29, 1.82) is 0 Å². The highest BCUT2D eigenvalue weighted by atomic mass is 19.1. The van der Waals surface area contributed by atoms with E-state index in [9.17, 15) is 4.39 Å². The SMILES string of the molecule is CCC1CN(C(c2ccccc2F)C(C)N)CCN1C. The second kappa shape index (κ2) is 6.66. The second-order valence-electron chi connectivity index (χ2n) is 5.86. The summed E-state index contributed by atoms with van der Waals surface area (Å²) in [6.07, 6.45) is 1.11. The lowest BCUT2D eigenvalue weighted by atomic mass is 9.96. The van der Waals surface area contributed by atoms with Crippen molar-refractivity contribution in [2.75, 3.05) is 26.7 Å². The van der Waals surface area contributed by atoms with E-state index in [1.54, 1.807) is 6.07 Å². The molecule has 3 atom stereocenters. The van der Waals surface area contributed by atoms with E-state index in [0.29, 0.717) is 6.04 Å². The van der Waals surface area contributed by atoms with Gasteiger partial charge in [0, 0.05) is 37.3 Å². The number of hydrogen-bond acceptors (Lipinski definition) is 3. The van der Waals surface area contributed by atoms with Gasteiger partial charge >= 0.3 is 0 Å². The quantitative estimate of drug-likeness (QED) is 0.917. The highest BCUT2D eigenvalue weighted by Gasteiger charge is 2.31. The Hall–Kier alpha value is -0.970. The van der Waals surface area contributed by atoms with E-state index in [0.717, 1.165) is 31.6 Å². The van der Waals surface area contributed by atoms with Gasteiger partial charge in [-0.25, -0.2) is 4.39 Å². The maximum absolute atomic E-state index is 14.1. The smallest absolute Gasteiger partial charge is 0.128 e. The molecule has 0 amide bonds. The lowest BCUT2D eigenvalue weighted by molar-refractivity contribution is 0.0537. The predicted molar refractivity (Wildman–Crippen MR) is 81.1 cm³/mol. The molecule has 20 heavy (non-hydrogen) atoms. The van der Waals surface area contributed by atoms with E-state index in [1.807, 2.05) is 19.1 Å². The molecule has 4 heteroatoms. The second-order valence-corrected chi connectivity index (χ2v) is 5.86. The van der Waals surface area contributed by atoms with Crippen LogP contribution in [0.15, 0.2) is 24.3 Å². The van der Waals surface area contributed by atoms with Gasteiger partial charge in [-0.1, -0.05) is 25.1 Å². The summed E-state index contributed by atoms with van der Waals surface area (Å²) < 4.78 is 14.1. The highest BCUT2D eigenvalue weighted by molar-refractivity contribution is 5.23. The summed E-state index contributed by atoms with van der Waals surface area (Å²) in [5.74, 6) is -0.151. The van der Waals surface area contributed by atoms with Crippen LogP contribution in [0.2, 0.25) is 0 Å². The fraction of sp³-hybridized carbons (Fsp3) is 0.625. The van der Waals surface area contributed by atoms with Gasteiger partial charge < -0.3 is 10.6 Å². The number of nitrogens with zero attached hydrogens (tertiary/aromatic N) is 2. The van der Waals surface area contributed by atoms with Gasteiger partial charge in [0.1, 0.15) is 5.82 Å². The third kappa shape index (κ3) is 3.19. The first-order valence-corrected chi connectivity index (χ1v) is 7.48. The highest BCUT2D eigenvalue weighted by Crippen LogP contribution is 2.28. The molecule has 0 bridgehead atoms. The van der Waals surface area contributed by atoms with E-state index in [2.05, 4.69) is 23.8 Å². The molecule has 1 aliphatic rings. The molecule has 0 saturated carbocycles. The molecule has 0 aliphatic carbocycles. The Labute approximate surface area is 121 Å². The van der Waals surface area contributed by atoms with Crippen LogP contribution in [-0.2, 0) is 0 Å². The molecule has 0 radical (unpaired) electrons. The van der Waals surface area contributed by atoms with Gasteiger partial charge in [-0.3, -0.25) is 4.90 Å². The summed E-state index contributed by atoms with van der Waals surface area (Å²) in [4.78, 5) is 4.73. The first-order chi connectivity index (χ1) is 9.54. The fourth-order valence-corrected chi connectivity index (χ4v) is 3.19. The Kier molecular flexibility index (Phi) is 5.13. The van der Waals surface area contributed by atoms with Gasteiger partial charge in [0.25, 0.3) is 0 Å². The predicted octanol–water partition coefficient (Wildman–Crippen LogP) is 2.24. The number of piperazine rings is 1. The van der Waals surface area contributed by atoms with Crippen LogP contribution < -0.4 is 5.73 Å². The lowest BCUT2D eigenvalue weighted by Gasteiger charge is -2.44. The number of benzene rings is 1. The van der Waals surface area contributed by atoms with Crippen molar-refractivity contribution >= 4 is 0 Å². The minimum absolute atomic E-state index is 0.0426. The molecule has 2 rings (SSSR count). The van der Waals surface area contributed by atoms with Crippen LogP contribution in [0.4, 0.5) is 4.39 Å². The fourth-order valence-electron chi connectivity index (χ4n) is 3.19. The zero-order chi connectivity index (χ0) is 14.7. The van der Waals surface area contributed by atoms with Crippen LogP contribution >= 0.6 is 0 Å². The van der Waals surface area contributed by atoms with Crippen LogP contribution in [0.25, 0.3) is 0 Å². The zero-order valence-electron chi connectivity index (χ0n) is 12.7. The summed E-state index contributed by atoms with van der Waals surface area (Å²) in [7, 11) is 2.16. The number of hydrogen-bond donors (Lipinski definition) is 1. The average molecular weight is 279 g/mol. The zero-order valence-corrected chi connectivity index (χ0v) is 12.7. The molecular weight excluding hydrogens is 253 g/mol. The number of likely N-dealkylation sites (N-methyl/N-ethyl adjacent to an activating group) is 1. The molecule has 2 N–H and O–H groups in total. The molecule has 0 aromatic heterocycles. The minimum atomic E-state index is -0.151. The summed E-state index contributed by atoms with van der Waals surface area (Å²) in [6.45, 7) is 7.07. The van der Waals surface area contributed by atoms with Crippen LogP contribution in [0.3, 0.4) is 0 Å². The largest absolute Gasteiger partial charge is 0.326 e. The van der Waals surface area contributed by atoms with Gasteiger partial charge in [-0.15, -0.1) is 0 Å². The Morgan fingerprint density at radius 2 is 2.05 bits per heavy atom. The first kappa shape index (κ1) is 15.4. The summed E-state index contributed by atoms with van der Waals surface area (Å²) in [6, 6.07) is 7.40. The molecule has 112 valence electrons. The maximum Gasteiger partial charge on any atom is 0.128 e. The maximum atomic E-state index is 14.1. The van der Waals surface area contributed by atoms with E-state index in [-0.39, 0.29) is 17.9 Å². The number of rotatable bonds is 4. The third-order valence-corrected chi connectivity index (χ3v) is 4.40. The molecule has 3 nitrogen and oxygen atoms in total. The van der Waals surface area contributed by atoms with Crippen molar-refractivity contribution in [3.05, 3.63) is 35.6 Å². The van der Waals surface area contributed by atoms with Crippen LogP contribution in [-0.4, -0.2) is 48.6 Å². The Bertz CT molecular complexity index is 435. The topological polar surface area (TPSA) is 32.5 Å². The van der Waals surface area contributed by atoms with Crippen molar-refractivity contribution in [3.63, 3.8) is 0 Å². The molecule has 1 saturated heterocycles. The minimum Gasteiger partial charge on any atom is -0.326 e. The normalized spacial score (nSPS) is 24.6. The Balaban J connectivity index is 2.24. The van der Waals surface area contributed by atoms with Crippen molar-refractivity contribution in [3.8, 4) is 0 Å².